The van der Waals surface area contributed by atoms with Gasteiger partial charge in [-0.15, -0.1) is 13.2 Å². The number of benzene rings is 2. The number of anilines is 1. The molecule has 0 aliphatic carbocycles. The van der Waals surface area contributed by atoms with Crippen molar-refractivity contribution in [2.45, 2.75) is 19.2 Å². The largest absolute Gasteiger partial charge is 0.573 e. The van der Waals surface area contributed by atoms with E-state index in [1.165, 1.54) is 43.5 Å². The van der Waals surface area contributed by atoms with E-state index in [-0.39, 0.29) is 11.7 Å². The zero-order valence-electron chi connectivity index (χ0n) is 17.2. The second kappa shape index (κ2) is 9.58. The molecule has 32 heavy (non-hydrogen) atoms. The van der Waals surface area contributed by atoms with E-state index in [1.54, 1.807) is 18.2 Å². The van der Waals surface area contributed by atoms with Crippen LogP contribution >= 0.6 is 0 Å². The lowest BCUT2D eigenvalue weighted by Gasteiger charge is -2.24. The number of carbonyl (C=O) groups excluding carboxylic acids is 2. The van der Waals surface area contributed by atoms with Gasteiger partial charge in [0.1, 0.15) is 0 Å². The van der Waals surface area contributed by atoms with Crippen molar-refractivity contribution in [2.75, 3.05) is 26.1 Å². The molecule has 0 saturated carbocycles. The molecule has 2 amide bonds. The molecule has 0 atom stereocenters. The number of hydrogen-bond acceptors (Lipinski definition) is 6. The van der Waals surface area contributed by atoms with Gasteiger partial charge in [-0.3, -0.25) is 10.1 Å². The number of carbonyl (C=O) groups is 2. The number of hydrogen-bond donors (Lipinski definition) is 1. The van der Waals surface area contributed by atoms with Gasteiger partial charge >= 0.3 is 12.5 Å². The minimum absolute atomic E-state index is 0.0731. The minimum Gasteiger partial charge on any atom is -0.493 e. The van der Waals surface area contributed by atoms with Crippen LogP contribution in [0.25, 0.3) is 0 Å². The van der Waals surface area contributed by atoms with Gasteiger partial charge in [0, 0.05) is 23.4 Å². The molecule has 0 fully saturated rings. The van der Waals surface area contributed by atoms with Crippen LogP contribution in [0.3, 0.4) is 0 Å². The summed E-state index contributed by atoms with van der Waals surface area (Å²) in [6.45, 7) is 0.354. The first kappa shape index (κ1) is 22.9. The van der Waals surface area contributed by atoms with Crippen molar-refractivity contribution in [2.24, 2.45) is 5.10 Å². The average Bonchev–Trinajstić information content (AvgIpc) is 2.78. The number of methoxy groups -OCH3 is 2. The molecule has 1 aliphatic rings. The van der Waals surface area contributed by atoms with Crippen LogP contribution in [-0.4, -0.2) is 49.8 Å². The molecule has 170 valence electrons. The van der Waals surface area contributed by atoms with E-state index in [1.807, 2.05) is 0 Å². The summed E-state index contributed by atoms with van der Waals surface area (Å²) in [6.07, 6.45) is -4.46. The summed E-state index contributed by atoms with van der Waals surface area (Å²) >= 11 is 0. The van der Waals surface area contributed by atoms with Gasteiger partial charge in [0.05, 0.1) is 19.9 Å². The molecular formula is C21H20F3N3O5. The van der Waals surface area contributed by atoms with Gasteiger partial charge < -0.3 is 14.2 Å². The van der Waals surface area contributed by atoms with Gasteiger partial charge in [-0.25, -0.2) is 9.80 Å². The maximum absolute atomic E-state index is 12.8. The third kappa shape index (κ3) is 5.68. The van der Waals surface area contributed by atoms with Crippen molar-refractivity contribution in [3.63, 3.8) is 0 Å². The molecule has 0 bridgehead atoms. The van der Waals surface area contributed by atoms with E-state index in [0.717, 1.165) is 0 Å². The van der Waals surface area contributed by atoms with E-state index in [9.17, 15) is 22.8 Å². The Balaban J connectivity index is 1.81. The fraction of sp³-hybridized carbons (Fsp3) is 0.286. The standard InChI is InChI=1S/C21H20F3N3O5/c1-30-17-10-7-14(12-18(17)32-21(22,23)24)16-4-3-11-27(26-16)19(28)13-5-8-15(9-6-13)25-20(29)31-2/h5-10,12H,3-4,11H2,1-2H3,(H,25,29). The molecule has 1 aliphatic heterocycles. The van der Waals surface area contributed by atoms with E-state index < -0.39 is 18.2 Å². The Labute approximate surface area is 181 Å². The monoisotopic (exact) mass is 451 g/mol. The first-order valence-corrected chi connectivity index (χ1v) is 9.48. The molecule has 0 saturated heterocycles. The molecule has 1 heterocycles. The fourth-order valence-electron chi connectivity index (χ4n) is 3.07. The number of ether oxygens (including phenoxy) is 3. The Kier molecular flexibility index (Phi) is 6.86. The Morgan fingerprint density at radius 1 is 1.06 bits per heavy atom. The SMILES string of the molecule is COC(=O)Nc1ccc(C(=O)N2CCCC(c3ccc(OC)c(OC(F)(F)F)c3)=N2)cc1. The first-order valence-electron chi connectivity index (χ1n) is 9.48. The van der Waals surface area contributed by atoms with Crippen LogP contribution < -0.4 is 14.8 Å². The molecule has 0 spiro atoms. The Morgan fingerprint density at radius 3 is 2.41 bits per heavy atom. The third-order valence-corrected chi connectivity index (χ3v) is 4.55. The molecule has 0 aromatic heterocycles. The molecule has 11 heteroatoms. The molecular weight excluding hydrogens is 431 g/mol. The van der Waals surface area contributed by atoms with Gasteiger partial charge in [-0.05, 0) is 55.3 Å². The van der Waals surface area contributed by atoms with Crippen molar-refractivity contribution in [1.29, 1.82) is 0 Å². The summed E-state index contributed by atoms with van der Waals surface area (Å²) in [6, 6.07) is 10.2. The van der Waals surface area contributed by atoms with Crippen molar-refractivity contribution in [3.8, 4) is 11.5 Å². The highest BCUT2D eigenvalue weighted by Crippen LogP contribution is 2.33. The molecule has 8 nitrogen and oxygen atoms in total. The van der Waals surface area contributed by atoms with Crippen molar-refractivity contribution >= 4 is 23.4 Å². The van der Waals surface area contributed by atoms with Crippen molar-refractivity contribution < 1.29 is 37.0 Å². The Hall–Kier alpha value is -3.76. The summed E-state index contributed by atoms with van der Waals surface area (Å²) in [4.78, 5) is 24.1. The lowest BCUT2D eigenvalue weighted by Crippen LogP contribution is -2.32. The molecule has 0 radical (unpaired) electrons. The predicted molar refractivity (Wildman–Crippen MR) is 109 cm³/mol. The number of hydrazone groups is 1. The quantitative estimate of drug-likeness (QED) is 0.727. The number of halogens is 3. The minimum atomic E-state index is -4.88. The zero-order valence-corrected chi connectivity index (χ0v) is 17.2. The van der Waals surface area contributed by atoms with Crippen molar-refractivity contribution in [1.82, 2.24) is 5.01 Å². The van der Waals surface area contributed by atoms with Gasteiger partial charge in [-0.2, -0.15) is 5.10 Å². The number of alkyl halides is 3. The van der Waals surface area contributed by atoms with Crippen LogP contribution in [0.2, 0.25) is 0 Å². The first-order chi connectivity index (χ1) is 15.2. The van der Waals surface area contributed by atoms with Gasteiger partial charge in [-0.1, -0.05) is 0 Å². The number of nitrogens with one attached hydrogen (secondary N) is 1. The smallest absolute Gasteiger partial charge is 0.493 e. The number of nitrogens with zero attached hydrogens (tertiary/aromatic N) is 2. The Morgan fingerprint density at radius 2 is 1.78 bits per heavy atom. The zero-order chi connectivity index (χ0) is 23.3. The van der Waals surface area contributed by atoms with E-state index in [2.05, 4.69) is 19.9 Å². The van der Waals surface area contributed by atoms with Gasteiger partial charge in [0.15, 0.2) is 11.5 Å². The highest BCUT2D eigenvalue weighted by molar-refractivity contribution is 6.03. The normalized spacial score (nSPS) is 13.8. The molecule has 3 rings (SSSR count). The molecule has 1 N–H and O–H groups in total. The van der Waals surface area contributed by atoms with Gasteiger partial charge in [0.25, 0.3) is 5.91 Å². The van der Waals surface area contributed by atoms with E-state index in [4.69, 9.17) is 4.74 Å². The van der Waals surface area contributed by atoms with Crippen LogP contribution in [-0.2, 0) is 4.74 Å². The fourth-order valence-corrected chi connectivity index (χ4v) is 3.07. The number of amides is 2. The number of rotatable bonds is 5. The highest BCUT2D eigenvalue weighted by atomic mass is 19.4. The summed E-state index contributed by atoms with van der Waals surface area (Å²) in [5.41, 5.74) is 1.62. The summed E-state index contributed by atoms with van der Waals surface area (Å²) < 4.78 is 51.6. The second-order valence-electron chi connectivity index (χ2n) is 6.69. The van der Waals surface area contributed by atoms with Crippen LogP contribution in [0, 0.1) is 0 Å². The van der Waals surface area contributed by atoms with Crippen LogP contribution in [0.5, 0.6) is 11.5 Å². The van der Waals surface area contributed by atoms with E-state index in [0.29, 0.717) is 41.9 Å². The molecule has 2 aromatic carbocycles. The maximum Gasteiger partial charge on any atom is 0.573 e. The lowest BCUT2D eigenvalue weighted by atomic mass is 10.0. The molecule has 0 unspecified atom stereocenters. The highest BCUT2D eigenvalue weighted by Gasteiger charge is 2.33. The van der Waals surface area contributed by atoms with E-state index >= 15 is 0 Å². The predicted octanol–water partition coefficient (Wildman–Crippen LogP) is 4.41. The Bertz CT molecular complexity index is 1020. The van der Waals surface area contributed by atoms with Crippen LogP contribution in [0.15, 0.2) is 47.6 Å². The maximum atomic E-state index is 12.8. The van der Waals surface area contributed by atoms with Crippen LogP contribution in [0.4, 0.5) is 23.7 Å². The lowest BCUT2D eigenvalue weighted by molar-refractivity contribution is -0.275. The summed E-state index contributed by atoms with van der Waals surface area (Å²) in [5.74, 6) is -0.944. The second-order valence-corrected chi connectivity index (χ2v) is 6.69. The van der Waals surface area contributed by atoms with Gasteiger partial charge in [0.2, 0.25) is 0 Å². The average molecular weight is 451 g/mol. The topological polar surface area (TPSA) is 89.5 Å². The third-order valence-electron chi connectivity index (χ3n) is 4.55. The summed E-state index contributed by atoms with van der Waals surface area (Å²) in [7, 11) is 2.48. The molecule has 2 aromatic rings. The van der Waals surface area contributed by atoms with Crippen molar-refractivity contribution in [3.05, 3.63) is 53.6 Å². The summed E-state index contributed by atoms with van der Waals surface area (Å²) in [5, 5.41) is 8.08. The van der Waals surface area contributed by atoms with Crippen LogP contribution in [0.1, 0.15) is 28.8 Å².